The fourth-order valence-corrected chi connectivity index (χ4v) is 2.82. The van der Waals surface area contributed by atoms with Gasteiger partial charge in [-0.15, -0.1) is 0 Å². The van der Waals surface area contributed by atoms with Crippen LogP contribution in [0.1, 0.15) is 34.0 Å². The van der Waals surface area contributed by atoms with Crippen molar-refractivity contribution in [3.8, 4) is 0 Å². The minimum absolute atomic E-state index is 0.0938. The summed E-state index contributed by atoms with van der Waals surface area (Å²) >= 11 is 0. The zero-order valence-electron chi connectivity index (χ0n) is 13.7. The van der Waals surface area contributed by atoms with E-state index in [1.54, 1.807) is 0 Å². The minimum Gasteiger partial charge on any atom is -0.301 e. The van der Waals surface area contributed by atoms with Gasteiger partial charge in [0.05, 0.1) is 11.7 Å². The van der Waals surface area contributed by atoms with E-state index in [0.717, 1.165) is 12.2 Å². The van der Waals surface area contributed by atoms with Crippen molar-refractivity contribution in [2.45, 2.75) is 26.4 Å². The maximum absolute atomic E-state index is 4.61. The van der Waals surface area contributed by atoms with E-state index in [-0.39, 0.29) is 6.04 Å². The van der Waals surface area contributed by atoms with E-state index in [2.05, 4.69) is 78.7 Å². The highest BCUT2D eigenvalue weighted by Crippen LogP contribution is 2.24. The lowest BCUT2D eigenvalue weighted by Gasteiger charge is -2.21. The third-order valence-electron chi connectivity index (χ3n) is 4.08. The van der Waals surface area contributed by atoms with Crippen LogP contribution in [-0.4, -0.2) is 4.98 Å². The Morgan fingerprint density at radius 3 is 2.39 bits per heavy atom. The average molecular weight is 302 g/mol. The molecule has 23 heavy (non-hydrogen) atoms. The van der Waals surface area contributed by atoms with Crippen LogP contribution in [0.25, 0.3) is 0 Å². The first-order chi connectivity index (χ1) is 11.2. The van der Waals surface area contributed by atoms with Crippen LogP contribution in [0.2, 0.25) is 0 Å². The molecule has 0 unspecified atom stereocenters. The smallest absolute Gasteiger partial charge is 0.0756 e. The number of aryl methyl sites for hydroxylation is 2. The number of nitrogens with zero attached hydrogens (tertiary/aromatic N) is 1. The van der Waals surface area contributed by atoms with E-state index in [9.17, 15) is 0 Å². The van der Waals surface area contributed by atoms with Crippen molar-refractivity contribution in [3.63, 3.8) is 0 Å². The van der Waals surface area contributed by atoms with E-state index in [4.69, 9.17) is 0 Å². The maximum Gasteiger partial charge on any atom is 0.0756 e. The Morgan fingerprint density at radius 1 is 0.913 bits per heavy atom. The molecule has 3 rings (SSSR count). The van der Waals surface area contributed by atoms with Crippen molar-refractivity contribution in [1.82, 2.24) is 10.3 Å². The molecule has 0 saturated carbocycles. The van der Waals surface area contributed by atoms with E-state index in [1.807, 2.05) is 18.3 Å². The number of hydrogen-bond donors (Lipinski definition) is 1. The molecule has 0 bridgehead atoms. The van der Waals surface area contributed by atoms with E-state index in [0.29, 0.717) is 0 Å². The Hall–Kier alpha value is -2.45. The fraction of sp³-hybridized carbons (Fsp3) is 0.190. The standard InChI is InChI=1S/C21H22N2/c1-16-12-13-22-20(14-16)21(19-11-7-6-8-17(19)2)23-15-18-9-4-3-5-10-18/h3-14,21,23H,15H2,1-2H3/t21-/m0/s1. The van der Waals surface area contributed by atoms with Crippen molar-refractivity contribution in [1.29, 1.82) is 0 Å². The quantitative estimate of drug-likeness (QED) is 0.746. The zero-order chi connectivity index (χ0) is 16.1. The monoisotopic (exact) mass is 302 g/mol. The molecule has 1 N–H and O–H groups in total. The van der Waals surface area contributed by atoms with Crippen LogP contribution >= 0.6 is 0 Å². The number of rotatable bonds is 5. The lowest BCUT2D eigenvalue weighted by Crippen LogP contribution is -2.23. The second kappa shape index (κ2) is 7.21. The summed E-state index contributed by atoms with van der Waals surface area (Å²) in [5.41, 5.74) is 6.13. The van der Waals surface area contributed by atoms with E-state index >= 15 is 0 Å². The van der Waals surface area contributed by atoms with Crippen LogP contribution < -0.4 is 5.32 Å². The summed E-state index contributed by atoms with van der Waals surface area (Å²) in [7, 11) is 0. The molecule has 0 fully saturated rings. The lowest BCUT2D eigenvalue weighted by atomic mass is 9.97. The molecule has 0 spiro atoms. The molecule has 0 aliphatic heterocycles. The number of benzene rings is 2. The van der Waals surface area contributed by atoms with Gasteiger partial charge in [-0.25, -0.2) is 0 Å². The predicted molar refractivity (Wildman–Crippen MR) is 95.3 cm³/mol. The van der Waals surface area contributed by atoms with Gasteiger partial charge >= 0.3 is 0 Å². The van der Waals surface area contributed by atoms with Crippen molar-refractivity contribution in [2.75, 3.05) is 0 Å². The van der Waals surface area contributed by atoms with Crippen LogP contribution in [-0.2, 0) is 6.54 Å². The number of hydrogen-bond acceptors (Lipinski definition) is 2. The maximum atomic E-state index is 4.61. The molecular formula is C21H22N2. The van der Waals surface area contributed by atoms with Crippen LogP contribution in [0.5, 0.6) is 0 Å². The van der Waals surface area contributed by atoms with Gasteiger partial charge in [-0.05, 0) is 48.2 Å². The molecule has 1 aromatic heterocycles. The highest BCUT2D eigenvalue weighted by Gasteiger charge is 2.17. The normalized spacial score (nSPS) is 12.1. The Morgan fingerprint density at radius 2 is 1.65 bits per heavy atom. The molecule has 0 amide bonds. The van der Waals surface area contributed by atoms with Crippen LogP contribution in [0.3, 0.4) is 0 Å². The molecular weight excluding hydrogens is 280 g/mol. The third-order valence-corrected chi connectivity index (χ3v) is 4.08. The third kappa shape index (κ3) is 3.85. The van der Waals surface area contributed by atoms with Gasteiger partial charge in [0.25, 0.3) is 0 Å². The summed E-state index contributed by atoms with van der Waals surface area (Å²) in [6, 6.07) is 23.3. The SMILES string of the molecule is Cc1ccnc([C@@H](NCc2ccccc2)c2ccccc2C)c1. The number of aromatic nitrogens is 1. The average Bonchev–Trinajstić information content (AvgIpc) is 2.58. The first kappa shape index (κ1) is 15.4. The molecule has 2 aromatic carbocycles. The van der Waals surface area contributed by atoms with Crippen molar-refractivity contribution >= 4 is 0 Å². The topological polar surface area (TPSA) is 24.9 Å². The summed E-state index contributed by atoms with van der Waals surface area (Å²) < 4.78 is 0. The lowest BCUT2D eigenvalue weighted by molar-refractivity contribution is 0.589. The van der Waals surface area contributed by atoms with Gasteiger partial charge < -0.3 is 5.32 Å². The minimum atomic E-state index is 0.0938. The van der Waals surface area contributed by atoms with Crippen LogP contribution in [0, 0.1) is 13.8 Å². The first-order valence-electron chi connectivity index (χ1n) is 7.99. The van der Waals surface area contributed by atoms with E-state index in [1.165, 1.54) is 22.3 Å². The van der Waals surface area contributed by atoms with Gasteiger partial charge in [0, 0.05) is 12.7 Å². The Labute approximate surface area is 138 Å². The van der Waals surface area contributed by atoms with Gasteiger partial charge in [-0.1, -0.05) is 54.6 Å². The Balaban J connectivity index is 1.92. The van der Waals surface area contributed by atoms with Crippen LogP contribution in [0.15, 0.2) is 72.9 Å². The van der Waals surface area contributed by atoms with Crippen molar-refractivity contribution in [3.05, 3.63) is 101 Å². The highest BCUT2D eigenvalue weighted by atomic mass is 14.9. The molecule has 0 aliphatic carbocycles. The second-order valence-corrected chi connectivity index (χ2v) is 5.91. The first-order valence-corrected chi connectivity index (χ1v) is 7.99. The zero-order valence-corrected chi connectivity index (χ0v) is 13.7. The molecule has 1 atom stereocenters. The van der Waals surface area contributed by atoms with Gasteiger partial charge in [0.1, 0.15) is 0 Å². The second-order valence-electron chi connectivity index (χ2n) is 5.91. The summed E-state index contributed by atoms with van der Waals surface area (Å²) in [5.74, 6) is 0. The van der Waals surface area contributed by atoms with Crippen molar-refractivity contribution in [2.24, 2.45) is 0 Å². The molecule has 1 heterocycles. The predicted octanol–water partition coefficient (Wildman–Crippen LogP) is 4.58. The van der Waals surface area contributed by atoms with E-state index < -0.39 is 0 Å². The summed E-state index contributed by atoms with van der Waals surface area (Å²) in [6.07, 6.45) is 1.89. The Kier molecular flexibility index (Phi) is 4.84. The molecule has 116 valence electrons. The van der Waals surface area contributed by atoms with Crippen LogP contribution in [0.4, 0.5) is 0 Å². The Bertz CT molecular complexity index is 766. The van der Waals surface area contributed by atoms with Gasteiger partial charge in [0.2, 0.25) is 0 Å². The summed E-state index contributed by atoms with van der Waals surface area (Å²) in [4.78, 5) is 4.61. The number of nitrogens with one attached hydrogen (secondary N) is 1. The largest absolute Gasteiger partial charge is 0.301 e. The van der Waals surface area contributed by atoms with Crippen molar-refractivity contribution < 1.29 is 0 Å². The number of pyridine rings is 1. The highest BCUT2D eigenvalue weighted by molar-refractivity contribution is 5.35. The van der Waals surface area contributed by atoms with Gasteiger partial charge in [0.15, 0.2) is 0 Å². The molecule has 3 aromatic rings. The van der Waals surface area contributed by atoms with Gasteiger partial charge in [-0.2, -0.15) is 0 Å². The summed E-state index contributed by atoms with van der Waals surface area (Å²) in [5, 5.41) is 3.67. The molecule has 2 heteroatoms. The molecule has 0 aliphatic rings. The molecule has 0 radical (unpaired) electrons. The molecule has 2 nitrogen and oxygen atoms in total. The van der Waals surface area contributed by atoms with Gasteiger partial charge in [-0.3, -0.25) is 4.98 Å². The molecule has 0 saturated heterocycles. The summed E-state index contributed by atoms with van der Waals surface area (Å²) in [6.45, 7) is 5.08. The fourth-order valence-electron chi connectivity index (χ4n) is 2.82.